The molecule has 1 aromatic carbocycles. The van der Waals surface area contributed by atoms with Gasteiger partial charge in [0.2, 0.25) is 0 Å². The van der Waals surface area contributed by atoms with Gasteiger partial charge in [0.1, 0.15) is 11.6 Å². The van der Waals surface area contributed by atoms with Crippen molar-refractivity contribution < 1.29 is 4.39 Å². The molecule has 0 fully saturated rings. The Morgan fingerprint density at radius 3 is 2.78 bits per heavy atom. The molecule has 0 radical (unpaired) electrons. The van der Waals surface area contributed by atoms with E-state index in [4.69, 9.17) is 5.84 Å². The summed E-state index contributed by atoms with van der Waals surface area (Å²) < 4.78 is 13.8. The second-order valence-electron chi connectivity index (χ2n) is 3.74. The number of pyridine rings is 1. The van der Waals surface area contributed by atoms with Crippen LogP contribution in [-0.2, 0) is 0 Å². The third kappa shape index (κ3) is 2.41. The number of aromatic nitrogens is 1. The smallest absolute Gasteiger partial charge is 0.146 e. The number of hydrazine groups is 1. The topological polar surface area (TPSA) is 54.2 Å². The summed E-state index contributed by atoms with van der Waals surface area (Å²) in [5, 5.41) is 0. The van der Waals surface area contributed by atoms with Gasteiger partial charge in [0, 0.05) is 24.5 Å². The van der Waals surface area contributed by atoms with Crippen LogP contribution in [0.1, 0.15) is 6.92 Å². The Hall–Kier alpha value is -2.14. The van der Waals surface area contributed by atoms with Crippen LogP contribution in [0.3, 0.4) is 0 Å². The minimum Gasteiger partial charge on any atom is -0.339 e. The third-order valence-corrected chi connectivity index (χ3v) is 2.66. The summed E-state index contributed by atoms with van der Waals surface area (Å²) in [6, 6.07) is 10.3. The minimum absolute atomic E-state index is 0.251. The second-order valence-corrected chi connectivity index (χ2v) is 3.74. The summed E-state index contributed by atoms with van der Waals surface area (Å²) in [6.07, 6.45) is 1.63. The lowest BCUT2D eigenvalue weighted by Crippen LogP contribution is -2.18. The molecule has 2 aromatic rings. The van der Waals surface area contributed by atoms with Crippen molar-refractivity contribution in [3.63, 3.8) is 0 Å². The molecule has 1 aromatic heterocycles. The van der Waals surface area contributed by atoms with Crippen LogP contribution < -0.4 is 16.2 Å². The van der Waals surface area contributed by atoms with E-state index in [0.717, 1.165) is 5.69 Å². The summed E-state index contributed by atoms with van der Waals surface area (Å²) in [5.41, 5.74) is 3.86. The molecule has 0 unspecified atom stereocenters. The largest absolute Gasteiger partial charge is 0.339 e. The minimum atomic E-state index is -0.251. The van der Waals surface area contributed by atoms with Gasteiger partial charge in [0.25, 0.3) is 0 Å². The zero-order valence-electron chi connectivity index (χ0n) is 10.1. The van der Waals surface area contributed by atoms with Crippen molar-refractivity contribution in [1.82, 2.24) is 4.98 Å². The summed E-state index contributed by atoms with van der Waals surface area (Å²) in [4.78, 5) is 5.89. The van der Waals surface area contributed by atoms with Crippen molar-refractivity contribution >= 4 is 17.2 Å². The molecule has 0 bridgehead atoms. The molecule has 0 saturated carbocycles. The first-order valence-electron chi connectivity index (χ1n) is 5.71. The van der Waals surface area contributed by atoms with Crippen molar-refractivity contribution in [2.45, 2.75) is 6.92 Å². The molecule has 3 N–H and O–H groups in total. The first-order chi connectivity index (χ1) is 8.76. The van der Waals surface area contributed by atoms with Crippen molar-refractivity contribution in [3.05, 3.63) is 48.4 Å². The average Bonchev–Trinajstić information content (AvgIpc) is 2.42. The van der Waals surface area contributed by atoms with Crippen LogP contribution in [-0.4, -0.2) is 11.5 Å². The Kier molecular flexibility index (Phi) is 3.74. The van der Waals surface area contributed by atoms with E-state index < -0.39 is 0 Å². The maximum Gasteiger partial charge on any atom is 0.146 e. The zero-order valence-corrected chi connectivity index (χ0v) is 10.1. The van der Waals surface area contributed by atoms with Crippen LogP contribution in [0.25, 0.3) is 0 Å². The van der Waals surface area contributed by atoms with Gasteiger partial charge < -0.3 is 10.3 Å². The van der Waals surface area contributed by atoms with E-state index in [9.17, 15) is 4.39 Å². The molecular weight excluding hydrogens is 231 g/mol. The van der Waals surface area contributed by atoms with Gasteiger partial charge in [-0.15, -0.1) is 0 Å². The summed E-state index contributed by atoms with van der Waals surface area (Å²) in [7, 11) is 0. The van der Waals surface area contributed by atoms with Gasteiger partial charge in [0.15, 0.2) is 0 Å². The van der Waals surface area contributed by atoms with Crippen LogP contribution in [0.5, 0.6) is 0 Å². The SMILES string of the molecule is CCN(c1ccnc(NN)c1)c1ccccc1F. The fourth-order valence-electron chi connectivity index (χ4n) is 1.83. The predicted octanol–water partition coefficient (Wildman–Crippen LogP) is 2.66. The number of hydrogen-bond donors (Lipinski definition) is 2. The van der Waals surface area contributed by atoms with Crippen LogP contribution in [0.15, 0.2) is 42.6 Å². The number of hydrogen-bond acceptors (Lipinski definition) is 4. The standard InChI is InChI=1S/C13H15FN4/c1-2-18(12-6-4-3-5-11(12)14)10-7-8-16-13(9-10)17-15/h3-9H,2,15H2,1H3,(H,16,17). The van der Waals surface area contributed by atoms with Crippen molar-refractivity contribution in [1.29, 1.82) is 0 Å². The number of para-hydroxylation sites is 1. The average molecular weight is 246 g/mol. The fraction of sp³-hybridized carbons (Fsp3) is 0.154. The molecule has 18 heavy (non-hydrogen) atoms. The van der Waals surface area contributed by atoms with E-state index in [-0.39, 0.29) is 5.82 Å². The Balaban J connectivity index is 2.42. The number of rotatable bonds is 4. The normalized spacial score (nSPS) is 10.2. The van der Waals surface area contributed by atoms with Crippen molar-refractivity contribution in [3.8, 4) is 0 Å². The highest BCUT2D eigenvalue weighted by molar-refractivity contribution is 5.65. The van der Waals surface area contributed by atoms with Crippen molar-refractivity contribution in [2.75, 3.05) is 16.9 Å². The molecule has 2 rings (SSSR count). The van der Waals surface area contributed by atoms with Gasteiger partial charge in [-0.05, 0) is 25.1 Å². The second kappa shape index (κ2) is 5.46. The van der Waals surface area contributed by atoms with E-state index >= 15 is 0 Å². The van der Waals surface area contributed by atoms with Crippen LogP contribution >= 0.6 is 0 Å². The van der Waals surface area contributed by atoms with Crippen LogP contribution in [0.2, 0.25) is 0 Å². The number of nitrogens with one attached hydrogen (secondary N) is 1. The number of anilines is 3. The summed E-state index contributed by atoms with van der Waals surface area (Å²) in [5.74, 6) is 5.62. The van der Waals surface area contributed by atoms with E-state index in [1.807, 2.05) is 24.0 Å². The number of nitrogens with two attached hydrogens (primary N) is 1. The molecule has 94 valence electrons. The molecule has 0 aliphatic carbocycles. The van der Waals surface area contributed by atoms with Crippen molar-refractivity contribution in [2.24, 2.45) is 5.84 Å². The molecule has 1 heterocycles. The molecule has 0 aliphatic heterocycles. The first-order valence-corrected chi connectivity index (χ1v) is 5.71. The van der Waals surface area contributed by atoms with E-state index in [1.54, 1.807) is 24.4 Å². The Bertz CT molecular complexity index is 530. The monoisotopic (exact) mass is 246 g/mol. The van der Waals surface area contributed by atoms with Gasteiger partial charge in [-0.1, -0.05) is 12.1 Å². The highest BCUT2D eigenvalue weighted by Crippen LogP contribution is 2.28. The molecule has 0 amide bonds. The predicted molar refractivity (Wildman–Crippen MR) is 71.1 cm³/mol. The van der Waals surface area contributed by atoms with E-state index in [0.29, 0.717) is 18.1 Å². The van der Waals surface area contributed by atoms with Crippen LogP contribution in [0.4, 0.5) is 21.6 Å². The number of halogens is 1. The molecule has 0 atom stereocenters. The lowest BCUT2D eigenvalue weighted by Gasteiger charge is -2.23. The summed E-state index contributed by atoms with van der Waals surface area (Å²) in [6.45, 7) is 2.61. The Morgan fingerprint density at radius 2 is 2.11 bits per heavy atom. The highest BCUT2D eigenvalue weighted by atomic mass is 19.1. The zero-order chi connectivity index (χ0) is 13.0. The van der Waals surface area contributed by atoms with Gasteiger partial charge >= 0.3 is 0 Å². The maximum atomic E-state index is 13.8. The number of nitrogen functional groups attached to an aromatic ring is 1. The Morgan fingerprint density at radius 1 is 1.33 bits per heavy atom. The molecule has 4 nitrogen and oxygen atoms in total. The first kappa shape index (κ1) is 12.3. The summed E-state index contributed by atoms with van der Waals surface area (Å²) >= 11 is 0. The van der Waals surface area contributed by atoms with Gasteiger partial charge in [0.05, 0.1) is 5.69 Å². The van der Waals surface area contributed by atoms with E-state index in [1.165, 1.54) is 6.07 Å². The molecular formula is C13H15FN4. The Labute approximate surface area is 105 Å². The number of benzene rings is 1. The highest BCUT2D eigenvalue weighted by Gasteiger charge is 2.11. The molecule has 0 saturated heterocycles. The van der Waals surface area contributed by atoms with Gasteiger partial charge in [-0.2, -0.15) is 0 Å². The third-order valence-electron chi connectivity index (χ3n) is 2.66. The molecule has 5 heteroatoms. The lowest BCUT2D eigenvalue weighted by molar-refractivity contribution is 0.625. The lowest BCUT2D eigenvalue weighted by atomic mass is 10.2. The number of nitrogens with zero attached hydrogens (tertiary/aromatic N) is 2. The quantitative estimate of drug-likeness (QED) is 0.643. The molecule has 0 aliphatic rings. The van der Waals surface area contributed by atoms with Gasteiger partial charge in [-0.25, -0.2) is 15.2 Å². The fourth-order valence-corrected chi connectivity index (χ4v) is 1.83. The maximum absolute atomic E-state index is 13.8. The molecule has 0 spiro atoms. The van der Waals surface area contributed by atoms with Gasteiger partial charge in [-0.3, -0.25) is 0 Å². The van der Waals surface area contributed by atoms with Crippen LogP contribution in [0, 0.1) is 5.82 Å². The van der Waals surface area contributed by atoms with E-state index in [2.05, 4.69) is 10.4 Å².